The van der Waals surface area contributed by atoms with Crippen molar-refractivity contribution in [3.63, 3.8) is 0 Å². The summed E-state index contributed by atoms with van der Waals surface area (Å²) in [6, 6.07) is 7.93. The summed E-state index contributed by atoms with van der Waals surface area (Å²) in [4.78, 5) is 19.1. The van der Waals surface area contributed by atoms with Gasteiger partial charge in [-0.25, -0.2) is 4.98 Å². The first-order valence-electron chi connectivity index (χ1n) is 8.54. The molecule has 0 N–H and O–H groups in total. The van der Waals surface area contributed by atoms with Gasteiger partial charge in [-0.15, -0.1) is 0 Å². The number of nitrogens with zero attached hydrogens (tertiary/aromatic N) is 2. The van der Waals surface area contributed by atoms with Gasteiger partial charge in [0, 0.05) is 12.1 Å². The van der Waals surface area contributed by atoms with Crippen molar-refractivity contribution in [2.24, 2.45) is 0 Å². The van der Waals surface area contributed by atoms with Crippen molar-refractivity contribution in [2.75, 3.05) is 13.1 Å². The highest BCUT2D eigenvalue weighted by Crippen LogP contribution is 2.40. The molecule has 5 heteroatoms. The van der Waals surface area contributed by atoms with Crippen molar-refractivity contribution in [1.29, 1.82) is 0 Å². The summed E-state index contributed by atoms with van der Waals surface area (Å²) in [6.45, 7) is 5.31. The highest BCUT2D eigenvalue weighted by atomic mass is 16.5. The van der Waals surface area contributed by atoms with Crippen molar-refractivity contribution in [3.8, 4) is 11.3 Å². The normalized spacial score (nSPS) is 22.4. The first-order chi connectivity index (χ1) is 11.6. The molecule has 1 spiro atoms. The Hall–Kier alpha value is -2.14. The second-order valence-electron chi connectivity index (χ2n) is 7.05. The molecule has 0 radical (unpaired) electrons. The van der Waals surface area contributed by atoms with Gasteiger partial charge in [0.25, 0.3) is 5.91 Å². The second kappa shape index (κ2) is 5.74. The van der Waals surface area contributed by atoms with Gasteiger partial charge in [-0.3, -0.25) is 4.79 Å². The fourth-order valence-electron chi connectivity index (χ4n) is 3.68. The number of amides is 1. The number of aryl methyl sites for hydroxylation is 1. The molecule has 1 aliphatic heterocycles. The Morgan fingerprint density at radius 1 is 1.29 bits per heavy atom. The smallest absolute Gasteiger partial charge is 0.276 e. The van der Waals surface area contributed by atoms with E-state index in [-0.39, 0.29) is 17.6 Å². The average Bonchev–Trinajstić information content (AvgIpc) is 3.02. The minimum Gasteiger partial charge on any atom is -0.443 e. The maximum atomic E-state index is 13.0. The molecule has 24 heavy (non-hydrogen) atoms. The average molecular weight is 326 g/mol. The van der Waals surface area contributed by atoms with Crippen LogP contribution in [0.3, 0.4) is 0 Å². The summed E-state index contributed by atoms with van der Waals surface area (Å²) >= 11 is 0. The van der Waals surface area contributed by atoms with E-state index in [2.05, 4.69) is 4.98 Å². The van der Waals surface area contributed by atoms with Crippen molar-refractivity contribution in [1.82, 2.24) is 9.88 Å². The summed E-state index contributed by atoms with van der Waals surface area (Å²) in [6.07, 6.45) is 4.64. The topological polar surface area (TPSA) is 55.6 Å². The quantitative estimate of drug-likeness (QED) is 0.848. The van der Waals surface area contributed by atoms with Gasteiger partial charge < -0.3 is 14.1 Å². The van der Waals surface area contributed by atoms with Crippen LogP contribution in [-0.2, 0) is 4.74 Å². The van der Waals surface area contributed by atoms with Gasteiger partial charge in [0.1, 0.15) is 0 Å². The molecule has 0 bridgehead atoms. The predicted molar refractivity (Wildman–Crippen MR) is 89.7 cm³/mol. The molecule has 1 atom stereocenters. The van der Waals surface area contributed by atoms with E-state index in [9.17, 15) is 4.79 Å². The van der Waals surface area contributed by atoms with Gasteiger partial charge in [-0.2, -0.15) is 0 Å². The third-order valence-corrected chi connectivity index (χ3v) is 5.04. The number of hydrogen-bond donors (Lipinski definition) is 0. The van der Waals surface area contributed by atoms with Crippen LogP contribution in [0, 0.1) is 6.92 Å². The van der Waals surface area contributed by atoms with E-state index in [1.807, 2.05) is 43.0 Å². The van der Waals surface area contributed by atoms with Crippen LogP contribution in [0.15, 0.2) is 35.1 Å². The monoisotopic (exact) mass is 326 g/mol. The zero-order valence-corrected chi connectivity index (χ0v) is 14.1. The van der Waals surface area contributed by atoms with Gasteiger partial charge in [-0.05, 0) is 33.1 Å². The summed E-state index contributed by atoms with van der Waals surface area (Å²) in [5.74, 6) is 0.475. The molecule has 2 aromatic rings. The number of ether oxygens (including phenoxy) is 1. The van der Waals surface area contributed by atoms with E-state index in [0.29, 0.717) is 24.5 Å². The molecule has 126 valence electrons. The lowest BCUT2D eigenvalue weighted by molar-refractivity contribution is -0.176. The van der Waals surface area contributed by atoms with E-state index in [4.69, 9.17) is 9.15 Å². The van der Waals surface area contributed by atoms with E-state index in [0.717, 1.165) is 18.4 Å². The van der Waals surface area contributed by atoms with Crippen molar-refractivity contribution < 1.29 is 13.9 Å². The predicted octanol–water partition coefficient (Wildman–Crippen LogP) is 3.43. The lowest BCUT2D eigenvalue weighted by atomic mass is 9.78. The zero-order chi connectivity index (χ0) is 16.7. The Balaban J connectivity index is 1.61. The maximum absolute atomic E-state index is 13.0. The highest BCUT2D eigenvalue weighted by molar-refractivity contribution is 5.97. The van der Waals surface area contributed by atoms with Crippen molar-refractivity contribution in [2.45, 2.75) is 44.8 Å². The standard InChI is InChI=1S/C19H22N2O3/c1-13-4-6-15(7-5-13)17-16(20-12-23-17)18(22)21-10-14(2)24-19(11-21)8-3-9-19/h4-7,12,14H,3,8-11H2,1-2H3. The molecule has 2 aliphatic rings. The molecule has 1 aromatic heterocycles. The number of carbonyl (C=O) groups excluding carboxylic acids is 1. The molecule has 1 saturated heterocycles. The minimum absolute atomic E-state index is 0.0534. The summed E-state index contributed by atoms with van der Waals surface area (Å²) in [5, 5.41) is 0. The minimum atomic E-state index is -0.138. The summed E-state index contributed by atoms with van der Waals surface area (Å²) < 4.78 is 11.6. The van der Waals surface area contributed by atoms with E-state index < -0.39 is 0 Å². The molecule has 2 heterocycles. The Morgan fingerprint density at radius 2 is 2.04 bits per heavy atom. The molecule has 2 fully saturated rings. The van der Waals surface area contributed by atoms with Crippen LogP contribution in [0.4, 0.5) is 0 Å². The largest absolute Gasteiger partial charge is 0.443 e. The van der Waals surface area contributed by atoms with E-state index in [1.165, 1.54) is 18.4 Å². The first-order valence-corrected chi connectivity index (χ1v) is 8.54. The number of hydrogen-bond acceptors (Lipinski definition) is 4. The van der Waals surface area contributed by atoms with Gasteiger partial charge in [0.15, 0.2) is 17.8 Å². The van der Waals surface area contributed by atoms with Gasteiger partial charge in [0.2, 0.25) is 0 Å². The SMILES string of the molecule is Cc1ccc(-c2ocnc2C(=O)N2CC(C)OC3(CCC3)C2)cc1. The van der Waals surface area contributed by atoms with Crippen LogP contribution < -0.4 is 0 Å². The summed E-state index contributed by atoms with van der Waals surface area (Å²) in [5.41, 5.74) is 2.30. The van der Waals surface area contributed by atoms with Crippen LogP contribution in [0.1, 0.15) is 42.2 Å². The van der Waals surface area contributed by atoms with E-state index in [1.54, 1.807) is 0 Å². The molecular formula is C19H22N2O3. The first kappa shape index (κ1) is 15.4. The van der Waals surface area contributed by atoms with Crippen LogP contribution in [0.25, 0.3) is 11.3 Å². The molecule has 1 unspecified atom stereocenters. The molecule has 4 rings (SSSR count). The lowest BCUT2D eigenvalue weighted by Gasteiger charge is -2.50. The van der Waals surface area contributed by atoms with Crippen LogP contribution in [0.2, 0.25) is 0 Å². The maximum Gasteiger partial charge on any atom is 0.276 e. The van der Waals surface area contributed by atoms with Crippen LogP contribution >= 0.6 is 0 Å². The zero-order valence-electron chi connectivity index (χ0n) is 14.1. The Kier molecular flexibility index (Phi) is 3.68. The Morgan fingerprint density at radius 3 is 2.71 bits per heavy atom. The van der Waals surface area contributed by atoms with Gasteiger partial charge in [0.05, 0.1) is 18.2 Å². The van der Waals surface area contributed by atoms with Crippen LogP contribution in [0.5, 0.6) is 0 Å². The summed E-state index contributed by atoms with van der Waals surface area (Å²) in [7, 11) is 0. The number of rotatable bonds is 2. The molecule has 5 nitrogen and oxygen atoms in total. The van der Waals surface area contributed by atoms with Gasteiger partial charge in [-0.1, -0.05) is 29.8 Å². The lowest BCUT2D eigenvalue weighted by Crippen LogP contribution is -2.59. The third kappa shape index (κ3) is 2.63. The van der Waals surface area contributed by atoms with Gasteiger partial charge >= 0.3 is 0 Å². The molecule has 1 saturated carbocycles. The number of morpholine rings is 1. The number of benzene rings is 1. The fraction of sp³-hybridized carbons (Fsp3) is 0.474. The molecule has 1 aromatic carbocycles. The molecular weight excluding hydrogens is 304 g/mol. The number of carbonyl (C=O) groups is 1. The Labute approximate surface area is 141 Å². The number of aromatic nitrogens is 1. The second-order valence-corrected chi connectivity index (χ2v) is 7.05. The number of oxazole rings is 1. The molecule has 1 amide bonds. The fourth-order valence-corrected chi connectivity index (χ4v) is 3.68. The third-order valence-electron chi connectivity index (χ3n) is 5.04. The van der Waals surface area contributed by atoms with Crippen molar-refractivity contribution >= 4 is 5.91 Å². The van der Waals surface area contributed by atoms with E-state index >= 15 is 0 Å². The van der Waals surface area contributed by atoms with Crippen molar-refractivity contribution in [3.05, 3.63) is 41.9 Å². The highest BCUT2D eigenvalue weighted by Gasteiger charge is 2.46. The van der Waals surface area contributed by atoms with Crippen LogP contribution in [-0.4, -0.2) is 40.6 Å². The molecule has 1 aliphatic carbocycles. The Bertz CT molecular complexity index is 746.